The van der Waals surface area contributed by atoms with Crippen LogP contribution in [0.1, 0.15) is 187 Å². The molecule has 0 saturated heterocycles. The maximum atomic E-state index is 12.3. The summed E-state index contributed by atoms with van der Waals surface area (Å²) in [5.41, 5.74) is 5.35. The molecule has 0 amide bonds. The molecule has 48 heavy (non-hydrogen) atoms. The zero-order valence-electron chi connectivity index (χ0n) is 31.2. The lowest BCUT2D eigenvalue weighted by Crippen LogP contribution is -2.25. The lowest BCUT2D eigenvalue weighted by Gasteiger charge is -2.19. The van der Waals surface area contributed by atoms with E-state index >= 15 is 0 Å². The maximum Gasteiger partial charge on any atom is 0.472 e. The second kappa shape index (κ2) is 37.1. The fourth-order valence-electron chi connectivity index (χ4n) is 5.45. The molecule has 0 radical (unpaired) electrons. The van der Waals surface area contributed by atoms with Gasteiger partial charge in [0.05, 0.1) is 19.5 Å². The summed E-state index contributed by atoms with van der Waals surface area (Å²) in [5, 5.41) is 0. The zero-order chi connectivity index (χ0) is 35.2. The van der Waals surface area contributed by atoms with E-state index < -0.39 is 13.9 Å². The van der Waals surface area contributed by atoms with Gasteiger partial charge in [-0.15, -0.1) is 0 Å². The van der Waals surface area contributed by atoms with E-state index in [1.807, 2.05) is 6.08 Å². The van der Waals surface area contributed by atoms with E-state index in [1.165, 1.54) is 128 Å². The van der Waals surface area contributed by atoms with Gasteiger partial charge in [0, 0.05) is 13.0 Å². The summed E-state index contributed by atoms with van der Waals surface area (Å²) in [4.78, 5) is 22.2. The van der Waals surface area contributed by atoms with Gasteiger partial charge in [-0.25, -0.2) is 4.57 Å². The topological polar surface area (TPSA) is 117 Å². The predicted molar refractivity (Wildman–Crippen MR) is 201 cm³/mol. The van der Waals surface area contributed by atoms with E-state index in [2.05, 4.69) is 26.0 Å². The van der Waals surface area contributed by atoms with Crippen LogP contribution < -0.4 is 5.73 Å². The number of esters is 1. The molecule has 8 nitrogen and oxygen atoms in total. The third kappa shape index (κ3) is 36.1. The minimum Gasteiger partial charge on any atom is -0.492 e. The number of phosphoric ester groups is 1. The monoisotopic (exact) mass is 702 g/mol. The highest BCUT2D eigenvalue weighted by molar-refractivity contribution is 7.47. The first-order valence-electron chi connectivity index (χ1n) is 19.9. The third-order valence-electron chi connectivity index (χ3n) is 8.46. The van der Waals surface area contributed by atoms with Crippen molar-refractivity contribution >= 4 is 13.8 Å². The maximum absolute atomic E-state index is 12.3. The molecule has 9 heteroatoms. The molecule has 0 saturated carbocycles. The van der Waals surface area contributed by atoms with Crippen molar-refractivity contribution in [3.05, 3.63) is 24.5 Å². The molecule has 0 heterocycles. The van der Waals surface area contributed by atoms with Gasteiger partial charge < -0.3 is 20.1 Å². The number of rotatable bonds is 38. The number of carbonyl (C=O) groups is 1. The summed E-state index contributed by atoms with van der Waals surface area (Å²) in [6.07, 6.45) is 40.0. The highest BCUT2D eigenvalue weighted by Gasteiger charge is 2.24. The molecular formula is C39H76NO7P. The van der Waals surface area contributed by atoms with Crippen molar-refractivity contribution < 1.29 is 32.8 Å². The molecule has 3 N–H and O–H groups in total. The molecule has 0 aliphatic heterocycles. The molecule has 0 fully saturated rings. The first kappa shape index (κ1) is 46.8. The van der Waals surface area contributed by atoms with Crippen molar-refractivity contribution in [3.8, 4) is 0 Å². The molecule has 1 unspecified atom stereocenters. The highest BCUT2D eigenvalue weighted by Crippen LogP contribution is 2.43. The first-order chi connectivity index (χ1) is 23.4. The van der Waals surface area contributed by atoms with E-state index in [0.29, 0.717) is 6.42 Å². The van der Waals surface area contributed by atoms with Crippen molar-refractivity contribution in [2.75, 3.05) is 26.4 Å². The molecule has 0 aromatic rings. The Morgan fingerprint density at radius 2 is 1.06 bits per heavy atom. The Hall–Kier alpha value is -1.18. The standard InChI is InChI=1S/C39H76NO7P/c1-3-5-7-9-11-13-15-17-18-19-21-23-25-27-29-31-34-44-38(37-47-48(42,43)46-35-33-40)36-45-39(41)32-30-28-26-24-22-20-16-14-12-10-8-6-4-2/h14,16,31,34,38H,3-13,15,17-30,32-33,35-37,40H2,1-2H3,(H,42,43)/b16-14-,34-31-/t38-/m1/s1. The van der Waals surface area contributed by atoms with Crippen LogP contribution in [0.15, 0.2) is 24.5 Å². The van der Waals surface area contributed by atoms with Gasteiger partial charge >= 0.3 is 13.8 Å². The summed E-state index contributed by atoms with van der Waals surface area (Å²) in [5.74, 6) is -0.299. The Morgan fingerprint density at radius 1 is 0.625 bits per heavy atom. The Labute approximate surface area is 296 Å². The van der Waals surface area contributed by atoms with Gasteiger partial charge in [0.15, 0.2) is 6.10 Å². The van der Waals surface area contributed by atoms with Crippen molar-refractivity contribution in [1.82, 2.24) is 0 Å². The van der Waals surface area contributed by atoms with Crippen LogP contribution in [0.3, 0.4) is 0 Å². The van der Waals surface area contributed by atoms with Gasteiger partial charge in [0.2, 0.25) is 0 Å². The Morgan fingerprint density at radius 3 is 1.56 bits per heavy atom. The molecular weight excluding hydrogens is 625 g/mol. The number of hydrogen-bond donors (Lipinski definition) is 2. The number of unbranched alkanes of at least 4 members (excludes halogenated alkanes) is 23. The number of allylic oxidation sites excluding steroid dienone is 3. The van der Waals surface area contributed by atoms with E-state index in [0.717, 1.165) is 38.5 Å². The Bertz CT molecular complexity index is 792. The number of ether oxygens (including phenoxy) is 2. The zero-order valence-corrected chi connectivity index (χ0v) is 32.1. The summed E-state index contributed by atoms with van der Waals surface area (Å²) >= 11 is 0. The Kier molecular flexibility index (Phi) is 36.2. The van der Waals surface area contributed by atoms with Crippen molar-refractivity contribution in [2.24, 2.45) is 5.73 Å². The van der Waals surface area contributed by atoms with Crippen LogP contribution in [0.5, 0.6) is 0 Å². The molecule has 0 aromatic carbocycles. The number of nitrogens with two attached hydrogens (primary N) is 1. The van der Waals surface area contributed by atoms with Crippen molar-refractivity contribution in [1.29, 1.82) is 0 Å². The van der Waals surface area contributed by atoms with Crippen LogP contribution in [0.25, 0.3) is 0 Å². The summed E-state index contributed by atoms with van der Waals surface area (Å²) in [7, 11) is -4.26. The minimum absolute atomic E-state index is 0.0658. The van der Waals surface area contributed by atoms with Crippen LogP contribution in [-0.2, 0) is 27.9 Å². The molecule has 0 aromatic heterocycles. The SMILES string of the molecule is CCCCCC/C=C\CCCCCCCC(=O)OC[C@H](COP(=O)(O)OCCN)O/C=C\CCCCCCCCCCCCCCCC. The van der Waals surface area contributed by atoms with Crippen molar-refractivity contribution in [3.63, 3.8) is 0 Å². The molecule has 0 rings (SSSR count). The fraction of sp³-hybridized carbons (Fsp3) is 0.872. The van der Waals surface area contributed by atoms with Crippen LogP contribution >= 0.6 is 7.82 Å². The second-order valence-electron chi connectivity index (χ2n) is 13.2. The average Bonchev–Trinajstić information content (AvgIpc) is 3.08. The van der Waals surface area contributed by atoms with E-state index in [9.17, 15) is 14.3 Å². The highest BCUT2D eigenvalue weighted by atomic mass is 31.2. The molecule has 0 spiro atoms. The van der Waals surface area contributed by atoms with Gasteiger partial charge in [0.1, 0.15) is 6.61 Å². The van der Waals surface area contributed by atoms with Crippen molar-refractivity contribution in [2.45, 2.75) is 193 Å². The summed E-state index contributed by atoms with van der Waals surface area (Å²) in [6.45, 7) is 4.20. The lowest BCUT2D eigenvalue weighted by atomic mass is 10.0. The number of carbonyl (C=O) groups excluding carboxylic acids is 1. The number of hydrogen-bond acceptors (Lipinski definition) is 7. The molecule has 284 valence electrons. The van der Waals surface area contributed by atoms with E-state index in [4.69, 9.17) is 24.3 Å². The Balaban J connectivity index is 4.12. The van der Waals surface area contributed by atoms with Crippen LogP contribution in [0.4, 0.5) is 0 Å². The van der Waals surface area contributed by atoms with Gasteiger partial charge in [-0.1, -0.05) is 148 Å². The molecule has 0 aliphatic carbocycles. The summed E-state index contributed by atoms with van der Waals surface area (Å²) in [6, 6.07) is 0. The molecule has 2 atom stereocenters. The van der Waals surface area contributed by atoms with Crippen LogP contribution in [0, 0.1) is 0 Å². The third-order valence-corrected chi connectivity index (χ3v) is 9.44. The normalized spacial score (nSPS) is 13.8. The first-order valence-corrected chi connectivity index (χ1v) is 21.4. The second-order valence-corrected chi connectivity index (χ2v) is 14.7. The quantitative estimate of drug-likeness (QED) is 0.0215. The van der Waals surface area contributed by atoms with Gasteiger partial charge in [-0.05, 0) is 51.0 Å². The molecule has 0 bridgehead atoms. The predicted octanol–water partition coefficient (Wildman–Crippen LogP) is 11.6. The van der Waals surface area contributed by atoms with Crippen LogP contribution in [-0.4, -0.2) is 43.3 Å². The smallest absolute Gasteiger partial charge is 0.472 e. The number of phosphoric acid groups is 1. The van der Waals surface area contributed by atoms with Crippen LogP contribution in [0.2, 0.25) is 0 Å². The summed E-state index contributed by atoms with van der Waals surface area (Å²) < 4.78 is 33.1. The lowest BCUT2D eigenvalue weighted by molar-refractivity contribution is -0.147. The fourth-order valence-corrected chi connectivity index (χ4v) is 6.21. The minimum atomic E-state index is -4.26. The van der Waals surface area contributed by atoms with Gasteiger partial charge in [0.25, 0.3) is 0 Å². The van der Waals surface area contributed by atoms with Gasteiger partial charge in [-0.3, -0.25) is 13.8 Å². The van der Waals surface area contributed by atoms with E-state index in [-0.39, 0.29) is 32.3 Å². The largest absolute Gasteiger partial charge is 0.492 e. The average molecular weight is 702 g/mol. The van der Waals surface area contributed by atoms with E-state index in [1.54, 1.807) is 6.26 Å². The molecule has 0 aliphatic rings. The van der Waals surface area contributed by atoms with Gasteiger partial charge in [-0.2, -0.15) is 0 Å².